The van der Waals surface area contributed by atoms with Crippen molar-refractivity contribution >= 4 is 17.7 Å². The largest absolute Gasteiger partial charge is 0.356 e. The summed E-state index contributed by atoms with van der Waals surface area (Å²) >= 11 is 1.89. The van der Waals surface area contributed by atoms with Crippen LogP contribution in [-0.2, 0) is 6.54 Å². The zero-order chi connectivity index (χ0) is 13.9. The third-order valence-electron chi connectivity index (χ3n) is 2.67. The maximum absolute atomic E-state index is 4.45. The third-order valence-corrected chi connectivity index (χ3v) is 3.37. The maximum Gasteiger partial charge on any atom is 0.191 e. The van der Waals surface area contributed by atoms with Gasteiger partial charge in [-0.3, -0.25) is 9.98 Å². The Labute approximate surface area is 120 Å². The number of nitrogens with zero attached hydrogens (tertiary/aromatic N) is 2. The molecule has 0 atom stereocenters. The van der Waals surface area contributed by atoms with Gasteiger partial charge in [-0.2, -0.15) is 11.8 Å². The average molecular weight is 280 g/mol. The van der Waals surface area contributed by atoms with Crippen molar-refractivity contribution in [3.8, 4) is 0 Å². The number of hydrogen-bond acceptors (Lipinski definition) is 3. The highest BCUT2D eigenvalue weighted by atomic mass is 32.2. The van der Waals surface area contributed by atoms with Crippen molar-refractivity contribution in [1.29, 1.82) is 0 Å². The second kappa shape index (κ2) is 9.67. The molecule has 0 amide bonds. The van der Waals surface area contributed by atoms with Crippen molar-refractivity contribution in [3.05, 3.63) is 29.6 Å². The zero-order valence-corrected chi connectivity index (χ0v) is 12.9. The van der Waals surface area contributed by atoms with E-state index in [2.05, 4.69) is 26.9 Å². The van der Waals surface area contributed by atoms with Gasteiger partial charge in [-0.05, 0) is 43.9 Å². The molecule has 0 aliphatic rings. The zero-order valence-electron chi connectivity index (χ0n) is 12.1. The normalized spacial score (nSPS) is 11.4. The van der Waals surface area contributed by atoms with Gasteiger partial charge < -0.3 is 10.6 Å². The van der Waals surface area contributed by atoms with Gasteiger partial charge in [0.05, 0.1) is 12.2 Å². The van der Waals surface area contributed by atoms with E-state index < -0.39 is 0 Å². The Morgan fingerprint density at radius 3 is 2.84 bits per heavy atom. The van der Waals surface area contributed by atoms with Gasteiger partial charge in [-0.1, -0.05) is 6.07 Å². The van der Waals surface area contributed by atoms with Gasteiger partial charge in [0.25, 0.3) is 0 Å². The predicted octanol–water partition coefficient (Wildman–Crippen LogP) is 2.20. The molecular formula is C14H24N4S. The molecule has 0 bridgehead atoms. The van der Waals surface area contributed by atoms with E-state index in [1.54, 1.807) is 7.05 Å². The molecular weight excluding hydrogens is 256 g/mol. The molecule has 0 aromatic carbocycles. The number of nitrogens with one attached hydrogen (secondary N) is 2. The van der Waals surface area contributed by atoms with Crippen LogP contribution in [0, 0.1) is 6.92 Å². The summed E-state index contributed by atoms with van der Waals surface area (Å²) in [6.45, 7) is 3.66. The van der Waals surface area contributed by atoms with Crippen LogP contribution in [0.4, 0.5) is 0 Å². The number of hydrogen-bond donors (Lipinski definition) is 2. The first-order chi connectivity index (χ1) is 9.26. The fourth-order valence-corrected chi connectivity index (χ4v) is 2.16. The Morgan fingerprint density at radius 2 is 2.16 bits per heavy atom. The molecule has 0 aliphatic carbocycles. The number of pyridine rings is 1. The number of aromatic nitrogens is 1. The third kappa shape index (κ3) is 7.06. The van der Waals surface area contributed by atoms with E-state index in [0.717, 1.165) is 23.9 Å². The van der Waals surface area contributed by atoms with Crippen LogP contribution in [0.5, 0.6) is 0 Å². The number of aliphatic imine (C=N–C) groups is 1. The van der Waals surface area contributed by atoms with Crippen LogP contribution in [0.25, 0.3) is 0 Å². The summed E-state index contributed by atoms with van der Waals surface area (Å²) in [5.74, 6) is 2.06. The summed E-state index contributed by atoms with van der Waals surface area (Å²) in [5.41, 5.74) is 2.07. The average Bonchev–Trinajstić information content (AvgIpc) is 2.42. The second-order valence-corrected chi connectivity index (χ2v) is 5.31. The van der Waals surface area contributed by atoms with Crippen LogP contribution in [0.2, 0.25) is 0 Å². The molecule has 0 saturated carbocycles. The van der Waals surface area contributed by atoms with Crippen LogP contribution in [-0.4, -0.2) is 36.5 Å². The molecule has 1 heterocycles. The smallest absolute Gasteiger partial charge is 0.191 e. The lowest BCUT2D eigenvalue weighted by Crippen LogP contribution is -2.37. The van der Waals surface area contributed by atoms with E-state index >= 15 is 0 Å². The monoisotopic (exact) mass is 280 g/mol. The van der Waals surface area contributed by atoms with Crippen molar-refractivity contribution in [2.75, 3.05) is 25.6 Å². The fourth-order valence-electron chi connectivity index (χ4n) is 1.67. The first kappa shape index (κ1) is 15.8. The Kier molecular flexibility index (Phi) is 8.05. The Balaban J connectivity index is 2.25. The van der Waals surface area contributed by atoms with E-state index in [0.29, 0.717) is 6.54 Å². The lowest BCUT2D eigenvalue weighted by molar-refractivity contribution is 0.729. The minimum Gasteiger partial charge on any atom is -0.356 e. The van der Waals surface area contributed by atoms with Crippen molar-refractivity contribution in [3.63, 3.8) is 0 Å². The molecule has 0 unspecified atom stereocenters. The highest BCUT2D eigenvalue weighted by Gasteiger charge is 1.99. The van der Waals surface area contributed by atoms with Crippen LogP contribution in [0.3, 0.4) is 0 Å². The molecule has 0 radical (unpaired) electrons. The van der Waals surface area contributed by atoms with Crippen molar-refractivity contribution < 1.29 is 0 Å². The summed E-state index contributed by atoms with van der Waals surface area (Å²) in [6.07, 6.45) is 4.55. The molecule has 0 fully saturated rings. The van der Waals surface area contributed by atoms with Gasteiger partial charge in [0.15, 0.2) is 5.96 Å². The van der Waals surface area contributed by atoms with Gasteiger partial charge >= 0.3 is 0 Å². The molecule has 2 N–H and O–H groups in total. The van der Waals surface area contributed by atoms with Crippen molar-refractivity contribution in [2.45, 2.75) is 26.3 Å². The SMILES string of the molecule is CN=C(NCCCCSC)NCc1cccc(C)n1. The molecule has 0 aliphatic heterocycles. The summed E-state index contributed by atoms with van der Waals surface area (Å²) in [6, 6.07) is 6.05. The lowest BCUT2D eigenvalue weighted by Gasteiger charge is -2.11. The topological polar surface area (TPSA) is 49.3 Å². The molecule has 19 heavy (non-hydrogen) atoms. The van der Waals surface area contributed by atoms with Gasteiger partial charge in [0.2, 0.25) is 0 Å². The number of thioether (sulfide) groups is 1. The van der Waals surface area contributed by atoms with Gasteiger partial charge in [0, 0.05) is 19.3 Å². The van der Waals surface area contributed by atoms with E-state index in [1.165, 1.54) is 18.6 Å². The highest BCUT2D eigenvalue weighted by Crippen LogP contribution is 1.98. The van der Waals surface area contributed by atoms with Crippen LogP contribution < -0.4 is 10.6 Å². The van der Waals surface area contributed by atoms with Crippen LogP contribution in [0.15, 0.2) is 23.2 Å². The van der Waals surface area contributed by atoms with E-state index in [4.69, 9.17) is 0 Å². The molecule has 5 heteroatoms. The summed E-state index contributed by atoms with van der Waals surface area (Å²) in [7, 11) is 1.79. The first-order valence-electron chi connectivity index (χ1n) is 6.62. The number of guanidine groups is 1. The summed E-state index contributed by atoms with van der Waals surface area (Å²) in [5, 5.41) is 6.59. The number of aryl methyl sites for hydroxylation is 1. The minimum atomic E-state index is 0.701. The standard InChI is InChI=1S/C14H24N4S/c1-12-7-6-8-13(18-12)11-17-14(15-2)16-9-4-5-10-19-3/h6-8H,4-5,9-11H2,1-3H3,(H2,15,16,17). The van der Waals surface area contributed by atoms with Gasteiger partial charge in [-0.15, -0.1) is 0 Å². The van der Waals surface area contributed by atoms with Crippen molar-refractivity contribution in [2.24, 2.45) is 4.99 Å². The highest BCUT2D eigenvalue weighted by molar-refractivity contribution is 7.98. The first-order valence-corrected chi connectivity index (χ1v) is 8.01. The maximum atomic E-state index is 4.45. The van der Waals surface area contributed by atoms with E-state index in [9.17, 15) is 0 Å². The molecule has 0 spiro atoms. The second-order valence-electron chi connectivity index (χ2n) is 4.32. The summed E-state index contributed by atoms with van der Waals surface area (Å²) < 4.78 is 0. The molecule has 1 aromatic heterocycles. The van der Waals surface area contributed by atoms with Gasteiger partial charge in [-0.25, -0.2) is 0 Å². The minimum absolute atomic E-state index is 0.701. The molecule has 1 rings (SSSR count). The van der Waals surface area contributed by atoms with Crippen LogP contribution >= 0.6 is 11.8 Å². The van der Waals surface area contributed by atoms with E-state index in [1.807, 2.05) is 36.9 Å². The number of rotatable bonds is 7. The lowest BCUT2D eigenvalue weighted by atomic mass is 10.3. The predicted molar refractivity (Wildman–Crippen MR) is 84.8 cm³/mol. The fraction of sp³-hybridized carbons (Fsp3) is 0.571. The molecule has 0 saturated heterocycles. The summed E-state index contributed by atoms with van der Waals surface area (Å²) in [4.78, 5) is 8.66. The van der Waals surface area contributed by atoms with Crippen LogP contribution in [0.1, 0.15) is 24.2 Å². The molecule has 1 aromatic rings. The van der Waals surface area contributed by atoms with E-state index in [-0.39, 0.29) is 0 Å². The Hall–Kier alpha value is -1.23. The molecule has 106 valence electrons. The van der Waals surface area contributed by atoms with Crippen molar-refractivity contribution in [1.82, 2.24) is 15.6 Å². The Bertz CT molecular complexity index is 393. The van der Waals surface area contributed by atoms with Gasteiger partial charge in [0.1, 0.15) is 0 Å². The quantitative estimate of drug-likeness (QED) is 0.457. The Morgan fingerprint density at radius 1 is 1.32 bits per heavy atom. The number of unbranched alkanes of at least 4 members (excludes halogenated alkanes) is 1. The molecule has 4 nitrogen and oxygen atoms in total.